The molecule has 3 nitrogen and oxygen atoms in total. The molecule has 2 aromatic carbocycles. The van der Waals surface area contributed by atoms with Crippen LogP contribution in [0.3, 0.4) is 0 Å². The zero-order valence-electron chi connectivity index (χ0n) is 11.0. The zero-order chi connectivity index (χ0) is 14.5. The molecule has 5 heteroatoms. The van der Waals surface area contributed by atoms with Gasteiger partial charge in [0, 0.05) is 17.1 Å². The average molecular weight is 290 g/mol. The van der Waals surface area contributed by atoms with E-state index in [1.165, 1.54) is 17.0 Å². The Kier molecular flexibility index (Phi) is 4.63. The number of hydrogen-bond donors (Lipinski definition) is 2. The van der Waals surface area contributed by atoms with E-state index < -0.39 is 11.7 Å². The van der Waals surface area contributed by atoms with Gasteiger partial charge in [-0.3, -0.25) is 4.79 Å². The molecule has 104 valence electrons. The van der Waals surface area contributed by atoms with E-state index in [-0.39, 0.29) is 5.56 Å². The summed E-state index contributed by atoms with van der Waals surface area (Å²) in [6, 6.07) is 12.4. The molecule has 2 rings (SSSR count). The van der Waals surface area contributed by atoms with Gasteiger partial charge in [-0.2, -0.15) is 0 Å². The third kappa shape index (κ3) is 3.51. The molecule has 0 unspecified atom stereocenters. The van der Waals surface area contributed by atoms with E-state index in [2.05, 4.69) is 5.32 Å². The maximum Gasteiger partial charge on any atom is 0.251 e. The van der Waals surface area contributed by atoms with Crippen molar-refractivity contribution in [1.82, 2.24) is 0 Å². The molecule has 0 saturated heterocycles. The second kappa shape index (κ2) is 6.43. The van der Waals surface area contributed by atoms with Crippen molar-refractivity contribution in [3.8, 4) is 0 Å². The molecule has 0 aromatic heterocycles. The lowest BCUT2D eigenvalue weighted by Gasteiger charge is -2.08. The molecule has 0 spiro atoms. The second-order valence-electron chi connectivity index (χ2n) is 4.26. The van der Waals surface area contributed by atoms with Gasteiger partial charge in [-0.15, -0.1) is 11.8 Å². The largest absolute Gasteiger partial charge is 0.381 e. The zero-order valence-corrected chi connectivity index (χ0v) is 11.8. The fraction of sp³-hybridized carbons (Fsp3) is 0.133. The van der Waals surface area contributed by atoms with Gasteiger partial charge < -0.3 is 11.1 Å². The number of rotatable bonds is 5. The first-order chi connectivity index (χ1) is 9.60. The van der Waals surface area contributed by atoms with E-state index in [9.17, 15) is 9.18 Å². The second-order valence-corrected chi connectivity index (χ2v) is 5.14. The van der Waals surface area contributed by atoms with Crippen molar-refractivity contribution in [1.29, 1.82) is 0 Å². The van der Waals surface area contributed by atoms with Crippen LogP contribution in [0.1, 0.15) is 15.9 Å². The van der Waals surface area contributed by atoms with Crippen LogP contribution < -0.4 is 11.1 Å². The number of anilines is 1. The van der Waals surface area contributed by atoms with Gasteiger partial charge in [0.1, 0.15) is 5.82 Å². The smallest absolute Gasteiger partial charge is 0.251 e. The minimum atomic E-state index is -0.768. The van der Waals surface area contributed by atoms with Gasteiger partial charge in [-0.05, 0) is 42.2 Å². The summed E-state index contributed by atoms with van der Waals surface area (Å²) >= 11 is 1.69. The quantitative estimate of drug-likeness (QED) is 0.831. The van der Waals surface area contributed by atoms with Gasteiger partial charge in [-0.25, -0.2) is 4.39 Å². The third-order valence-corrected chi connectivity index (χ3v) is 3.63. The molecule has 0 atom stereocenters. The molecule has 2 aromatic rings. The van der Waals surface area contributed by atoms with Crippen LogP contribution in [0, 0.1) is 5.82 Å². The van der Waals surface area contributed by atoms with Gasteiger partial charge >= 0.3 is 0 Å². The Hall–Kier alpha value is -2.01. The Morgan fingerprint density at radius 3 is 2.55 bits per heavy atom. The van der Waals surface area contributed by atoms with Crippen molar-refractivity contribution in [2.45, 2.75) is 11.4 Å². The number of benzene rings is 2. The average Bonchev–Trinajstić information content (AvgIpc) is 2.46. The van der Waals surface area contributed by atoms with Crippen molar-refractivity contribution in [2.75, 3.05) is 11.6 Å². The molecule has 1 amide bonds. The van der Waals surface area contributed by atoms with Crippen molar-refractivity contribution < 1.29 is 9.18 Å². The normalized spacial score (nSPS) is 10.3. The lowest BCUT2D eigenvalue weighted by atomic mass is 10.1. The van der Waals surface area contributed by atoms with E-state index >= 15 is 0 Å². The predicted molar refractivity (Wildman–Crippen MR) is 80.5 cm³/mol. The number of amides is 1. The topological polar surface area (TPSA) is 55.1 Å². The fourth-order valence-corrected chi connectivity index (χ4v) is 2.18. The highest BCUT2D eigenvalue weighted by atomic mass is 32.2. The maximum absolute atomic E-state index is 13.3. The monoisotopic (exact) mass is 290 g/mol. The molecular weight excluding hydrogens is 275 g/mol. The van der Waals surface area contributed by atoms with Crippen LogP contribution in [-0.4, -0.2) is 12.2 Å². The highest BCUT2D eigenvalue weighted by molar-refractivity contribution is 7.98. The summed E-state index contributed by atoms with van der Waals surface area (Å²) < 4.78 is 13.3. The summed E-state index contributed by atoms with van der Waals surface area (Å²) in [5.74, 6) is -1.37. The van der Waals surface area contributed by atoms with Gasteiger partial charge in [0.2, 0.25) is 0 Å². The van der Waals surface area contributed by atoms with Crippen LogP contribution in [0.25, 0.3) is 0 Å². The Morgan fingerprint density at radius 1 is 1.25 bits per heavy atom. The lowest BCUT2D eigenvalue weighted by Crippen LogP contribution is -2.13. The van der Waals surface area contributed by atoms with Crippen LogP contribution in [0.15, 0.2) is 47.4 Å². The van der Waals surface area contributed by atoms with E-state index in [1.807, 2.05) is 30.5 Å². The molecular formula is C15H15FN2OS. The van der Waals surface area contributed by atoms with Crippen LogP contribution in [-0.2, 0) is 6.54 Å². The van der Waals surface area contributed by atoms with Crippen molar-refractivity contribution in [2.24, 2.45) is 5.73 Å². The number of halogens is 1. The molecule has 0 radical (unpaired) electrons. The first kappa shape index (κ1) is 14.4. The first-order valence-corrected chi connectivity index (χ1v) is 7.29. The Bertz CT molecular complexity index is 614. The standard InChI is InChI=1S/C15H15FN2OS/c1-20-12-5-2-10(3-6-12)9-18-11-4-7-14(16)13(8-11)15(17)19/h2-8,18H,9H2,1H3,(H2,17,19). The summed E-state index contributed by atoms with van der Waals surface area (Å²) in [6.45, 7) is 0.596. The van der Waals surface area contributed by atoms with E-state index in [1.54, 1.807) is 17.8 Å². The van der Waals surface area contributed by atoms with E-state index in [4.69, 9.17) is 5.73 Å². The van der Waals surface area contributed by atoms with E-state index in [0.29, 0.717) is 12.2 Å². The SMILES string of the molecule is CSc1ccc(CNc2ccc(F)c(C(N)=O)c2)cc1. The molecule has 0 fully saturated rings. The minimum absolute atomic E-state index is 0.104. The minimum Gasteiger partial charge on any atom is -0.381 e. The molecule has 0 bridgehead atoms. The van der Waals surface area contributed by atoms with Gasteiger partial charge in [0.15, 0.2) is 0 Å². The molecule has 0 aliphatic heterocycles. The van der Waals surface area contributed by atoms with Crippen molar-refractivity contribution in [3.63, 3.8) is 0 Å². The molecule has 0 saturated carbocycles. The summed E-state index contributed by atoms with van der Waals surface area (Å²) in [6.07, 6.45) is 2.02. The number of nitrogens with two attached hydrogens (primary N) is 1. The van der Waals surface area contributed by atoms with Gasteiger partial charge in [0.05, 0.1) is 5.56 Å². The molecule has 0 aliphatic carbocycles. The van der Waals surface area contributed by atoms with E-state index in [0.717, 1.165) is 5.56 Å². The Balaban J connectivity index is 2.06. The number of carbonyl (C=O) groups excluding carboxylic acids is 1. The number of carbonyl (C=O) groups is 1. The summed E-state index contributed by atoms with van der Waals surface area (Å²) in [7, 11) is 0. The summed E-state index contributed by atoms with van der Waals surface area (Å²) in [5, 5.41) is 3.14. The first-order valence-electron chi connectivity index (χ1n) is 6.06. The highest BCUT2D eigenvalue weighted by Crippen LogP contribution is 2.17. The third-order valence-electron chi connectivity index (χ3n) is 2.89. The lowest BCUT2D eigenvalue weighted by molar-refractivity contribution is 0.0996. The molecule has 3 N–H and O–H groups in total. The van der Waals surface area contributed by atoms with Crippen LogP contribution >= 0.6 is 11.8 Å². The summed E-state index contributed by atoms with van der Waals surface area (Å²) in [5.41, 5.74) is 6.78. The Labute approximate surface area is 121 Å². The molecule has 0 aliphatic rings. The highest BCUT2D eigenvalue weighted by Gasteiger charge is 2.08. The number of thioether (sulfide) groups is 1. The summed E-state index contributed by atoms with van der Waals surface area (Å²) in [4.78, 5) is 12.3. The number of nitrogens with one attached hydrogen (secondary N) is 1. The fourth-order valence-electron chi connectivity index (χ4n) is 1.77. The van der Waals surface area contributed by atoms with Gasteiger partial charge in [0.25, 0.3) is 5.91 Å². The predicted octanol–water partition coefficient (Wildman–Crippen LogP) is 3.26. The van der Waals surface area contributed by atoms with Gasteiger partial charge in [-0.1, -0.05) is 12.1 Å². The number of hydrogen-bond acceptors (Lipinski definition) is 3. The van der Waals surface area contributed by atoms with Crippen LogP contribution in [0.5, 0.6) is 0 Å². The Morgan fingerprint density at radius 2 is 1.95 bits per heavy atom. The van der Waals surface area contributed by atoms with Crippen LogP contribution in [0.4, 0.5) is 10.1 Å². The van der Waals surface area contributed by atoms with Crippen molar-refractivity contribution in [3.05, 3.63) is 59.4 Å². The van der Waals surface area contributed by atoms with Crippen LogP contribution in [0.2, 0.25) is 0 Å². The molecule has 20 heavy (non-hydrogen) atoms. The van der Waals surface area contributed by atoms with Crippen molar-refractivity contribution >= 4 is 23.4 Å². The number of primary amides is 1. The molecule has 0 heterocycles. The maximum atomic E-state index is 13.3.